The lowest BCUT2D eigenvalue weighted by Crippen LogP contribution is -2.28. The molecule has 0 heterocycles. The number of halogens is 5. The van der Waals surface area contributed by atoms with Gasteiger partial charge in [0.25, 0.3) is 16.0 Å². The van der Waals surface area contributed by atoms with E-state index in [0.29, 0.717) is 11.1 Å². The molecule has 270 valence electrons. The summed E-state index contributed by atoms with van der Waals surface area (Å²) in [5, 5.41) is 4.74. The molecule has 0 saturated carbocycles. The Labute approximate surface area is 293 Å². The molecule has 2 amide bonds. The third kappa shape index (κ3) is 11.1. The molecule has 1 unspecified atom stereocenters. The van der Waals surface area contributed by atoms with Crippen molar-refractivity contribution in [3.8, 4) is 11.1 Å². The molecule has 0 fully saturated rings. The number of nitrogens with one attached hydrogen (secondary N) is 2. The Bertz CT molecular complexity index is 2010. The summed E-state index contributed by atoms with van der Waals surface area (Å²) in [6, 6.07) is 17.9. The first-order valence-corrected chi connectivity index (χ1v) is 17.4. The van der Waals surface area contributed by atoms with Crippen LogP contribution < -0.4 is 10.6 Å². The number of hydrogen-bond donors (Lipinski definition) is 3. The van der Waals surface area contributed by atoms with E-state index in [1.807, 2.05) is 32.9 Å². The van der Waals surface area contributed by atoms with Crippen LogP contribution in [0.4, 0.5) is 27.6 Å². The highest BCUT2D eigenvalue weighted by Crippen LogP contribution is 2.35. The number of anilines is 1. The number of aryl methyl sites for hydroxylation is 1. The maximum Gasteiger partial charge on any atom is 0.416 e. The molecule has 0 aromatic heterocycles. The molecule has 13 heteroatoms. The molecule has 4 aromatic carbocycles. The molecule has 4 rings (SSSR count). The maximum atomic E-state index is 15.4. The fourth-order valence-electron chi connectivity index (χ4n) is 5.19. The van der Waals surface area contributed by atoms with Gasteiger partial charge in [-0.25, -0.2) is 8.78 Å². The zero-order valence-electron chi connectivity index (χ0n) is 28.2. The van der Waals surface area contributed by atoms with E-state index in [0.717, 1.165) is 35.9 Å². The Balaban J connectivity index is 1.61. The number of carbonyl (C=O) groups is 2. The van der Waals surface area contributed by atoms with Gasteiger partial charge in [0.1, 0.15) is 17.3 Å². The summed E-state index contributed by atoms with van der Waals surface area (Å²) in [6.07, 6.45) is -0.574. The number of amides is 2. The van der Waals surface area contributed by atoms with Crippen LogP contribution in [-0.2, 0) is 27.5 Å². The molecular formula is C38H37F5N2O5S. The van der Waals surface area contributed by atoms with E-state index in [-0.39, 0.29) is 40.6 Å². The molecule has 4 aromatic rings. The summed E-state index contributed by atoms with van der Waals surface area (Å²) >= 11 is 0. The van der Waals surface area contributed by atoms with Crippen LogP contribution in [0.15, 0.2) is 84.9 Å². The lowest BCUT2D eigenvalue weighted by molar-refractivity contribution is -0.137. The van der Waals surface area contributed by atoms with Gasteiger partial charge >= 0.3 is 6.18 Å². The second-order valence-corrected chi connectivity index (χ2v) is 14.8. The molecule has 51 heavy (non-hydrogen) atoms. The van der Waals surface area contributed by atoms with E-state index < -0.39 is 62.7 Å². The average molecular weight is 729 g/mol. The predicted octanol–water partition coefficient (Wildman–Crippen LogP) is 8.60. The number of carbonyl (C=O) groups excluding carboxylic acids is 2. The first-order valence-electron chi connectivity index (χ1n) is 15.8. The molecule has 3 N–H and O–H groups in total. The molecular weight excluding hydrogens is 691 g/mol. The Morgan fingerprint density at radius 1 is 0.882 bits per heavy atom. The van der Waals surface area contributed by atoms with Crippen LogP contribution in [-0.4, -0.2) is 37.1 Å². The second kappa shape index (κ2) is 15.6. The molecule has 0 aliphatic carbocycles. The van der Waals surface area contributed by atoms with Crippen molar-refractivity contribution in [2.24, 2.45) is 5.41 Å². The number of hydrogen-bond acceptors (Lipinski definition) is 4. The standard InChI is InChI=1S/C38H37F5N2O5S/c1-23-19-29(38(41,42)43)13-14-30(23)28-21-32(39)34(33(40)22-28)45-36(47)31(26-9-5-24(6-10-26)15-16-37(2,3)4)20-25-7-11-27(12-8-25)35(46)44-17-18-51(48,49)50/h5-16,19,21-22,31H,17-18,20H2,1-4H3,(H,44,46)(H,45,47)(H,48,49,50)/b16-15+. The second-order valence-electron chi connectivity index (χ2n) is 13.2. The van der Waals surface area contributed by atoms with Crippen molar-refractivity contribution in [2.75, 3.05) is 17.6 Å². The van der Waals surface area contributed by atoms with Gasteiger partial charge < -0.3 is 10.6 Å². The highest BCUT2D eigenvalue weighted by molar-refractivity contribution is 7.85. The Morgan fingerprint density at radius 2 is 1.49 bits per heavy atom. The Hall–Kier alpha value is -4.88. The highest BCUT2D eigenvalue weighted by Gasteiger charge is 2.31. The lowest BCUT2D eigenvalue weighted by Gasteiger charge is -2.19. The minimum Gasteiger partial charge on any atom is -0.351 e. The molecule has 0 saturated heterocycles. The number of alkyl halides is 3. The van der Waals surface area contributed by atoms with Gasteiger partial charge in [0.2, 0.25) is 5.91 Å². The smallest absolute Gasteiger partial charge is 0.351 e. The lowest BCUT2D eigenvalue weighted by atomic mass is 9.89. The molecule has 0 aliphatic rings. The first-order chi connectivity index (χ1) is 23.7. The van der Waals surface area contributed by atoms with E-state index in [9.17, 15) is 31.2 Å². The van der Waals surface area contributed by atoms with Crippen molar-refractivity contribution in [1.29, 1.82) is 0 Å². The maximum absolute atomic E-state index is 15.4. The van der Waals surface area contributed by atoms with Crippen molar-refractivity contribution in [1.82, 2.24) is 5.32 Å². The number of rotatable bonds is 11. The minimum atomic E-state index is -4.58. The molecule has 1 atom stereocenters. The summed E-state index contributed by atoms with van der Waals surface area (Å²) in [4.78, 5) is 26.2. The van der Waals surface area contributed by atoms with Crippen molar-refractivity contribution >= 4 is 33.7 Å². The molecule has 0 aliphatic heterocycles. The molecule has 0 radical (unpaired) electrons. The normalized spacial score (nSPS) is 12.9. The van der Waals surface area contributed by atoms with Crippen LogP contribution in [0.1, 0.15) is 64.9 Å². The van der Waals surface area contributed by atoms with E-state index in [1.165, 1.54) is 19.1 Å². The summed E-state index contributed by atoms with van der Waals surface area (Å²) in [6.45, 7) is 7.22. The van der Waals surface area contributed by atoms with E-state index >= 15 is 8.78 Å². The van der Waals surface area contributed by atoms with Crippen molar-refractivity contribution < 1.29 is 44.5 Å². The number of benzene rings is 4. The first kappa shape index (κ1) is 38.9. The Kier molecular flexibility index (Phi) is 11.9. The summed E-state index contributed by atoms with van der Waals surface area (Å²) < 4.78 is 101. The van der Waals surface area contributed by atoms with Crippen molar-refractivity contribution in [2.45, 2.75) is 46.2 Å². The van der Waals surface area contributed by atoms with E-state index in [1.54, 1.807) is 36.4 Å². The monoisotopic (exact) mass is 728 g/mol. The van der Waals surface area contributed by atoms with Gasteiger partial charge in [0, 0.05) is 12.1 Å². The Morgan fingerprint density at radius 3 is 2.02 bits per heavy atom. The fraction of sp³-hybridized carbons (Fsp3) is 0.263. The van der Waals surface area contributed by atoms with Crippen LogP contribution in [0.5, 0.6) is 0 Å². The van der Waals surface area contributed by atoms with E-state index in [2.05, 4.69) is 10.6 Å². The van der Waals surface area contributed by atoms with Crippen molar-refractivity contribution in [3.05, 3.63) is 130 Å². The van der Waals surface area contributed by atoms with Gasteiger partial charge in [0.05, 0.1) is 17.2 Å². The summed E-state index contributed by atoms with van der Waals surface area (Å²) in [5.41, 5.74) is 0.825. The number of allylic oxidation sites excluding steroid dienone is 1. The van der Waals surface area contributed by atoms with Crippen LogP contribution in [0.3, 0.4) is 0 Å². The largest absolute Gasteiger partial charge is 0.416 e. The summed E-state index contributed by atoms with van der Waals surface area (Å²) in [7, 11) is -4.26. The van der Waals surface area contributed by atoms with Gasteiger partial charge in [-0.05, 0) is 88.5 Å². The van der Waals surface area contributed by atoms with Crippen molar-refractivity contribution in [3.63, 3.8) is 0 Å². The van der Waals surface area contributed by atoms with Gasteiger partial charge in [-0.15, -0.1) is 0 Å². The van der Waals surface area contributed by atoms with Gasteiger partial charge in [-0.1, -0.05) is 75.4 Å². The van der Waals surface area contributed by atoms with Crippen LogP contribution >= 0.6 is 0 Å². The van der Waals surface area contributed by atoms with E-state index in [4.69, 9.17) is 4.55 Å². The predicted molar refractivity (Wildman–Crippen MR) is 187 cm³/mol. The zero-order chi connectivity index (χ0) is 37.7. The highest BCUT2D eigenvalue weighted by atomic mass is 32.2. The average Bonchev–Trinajstić information content (AvgIpc) is 3.03. The third-order valence-electron chi connectivity index (χ3n) is 7.89. The van der Waals surface area contributed by atoms with Crippen LogP contribution in [0, 0.1) is 24.0 Å². The third-order valence-corrected chi connectivity index (χ3v) is 8.61. The summed E-state index contributed by atoms with van der Waals surface area (Å²) in [5.74, 6) is -5.19. The minimum absolute atomic E-state index is 0.00761. The SMILES string of the molecule is Cc1cc(C(F)(F)F)ccc1-c1cc(F)c(NC(=O)C(Cc2ccc(C(=O)NCCS(=O)(=O)O)cc2)c2ccc(/C=C/C(C)(C)C)cc2)c(F)c1. The topological polar surface area (TPSA) is 113 Å². The molecule has 0 bridgehead atoms. The van der Waals surface area contributed by atoms with Crippen LogP contribution in [0.2, 0.25) is 0 Å². The quantitative estimate of drug-likeness (QED) is 0.106. The van der Waals surface area contributed by atoms with Gasteiger partial charge in [0.15, 0.2) is 0 Å². The fourth-order valence-corrected chi connectivity index (χ4v) is 5.55. The van der Waals surface area contributed by atoms with Gasteiger partial charge in [-0.2, -0.15) is 21.6 Å². The zero-order valence-corrected chi connectivity index (χ0v) is 29.1. The van der Waals surface area contributed by atoms with Gasteiger partial charge in [-0.3, -0.25) is 14.1 Å². The van der Waals surface area contributed by atoms with Crippen LogP contribution in [0.25, 0.3) is 17.2 Å². The molecule has 0 spiro atoms. The molecule has 7 nitrogen and oxygen atoms in total.